The highest BCUT2D eigenvalue weighted by Crippen LogP contribution is 2.10. The molecule has 2 atom stereocenters. The third-order valence-electron chi connectivity index (χ3n) is 4.16. The second-order valence-corrected chi connectivity index (χ2v) is 6.95. The molecule has 0 aliphatic heterocycles. The van der Waals surface area contributed by atoms with Gasteiger partial charge in [0.2, 0.25) is 0 Å². The van der Waals surface area contributed by atoms with E-state index in [0.29, 0.717) is 19.8 Å². The van der Waals surface area contributed by atoms with Crippen LogP contribution in [0.1, 0.15) is 91.9 Å². The lowest BCUT2D eigenvalue weighted by molar-refractivity contribution is -0.0537. The minimum Gasteiger partial charge on any atom is -0.379 e. The van der Waals surface area contributed by atoms with Crippen LogP contribution in [0.15, 0.2) is 0 Å². The fraction of sp³-hybridized carbons (Fsp3) is 0.952. The summed E-state index contributed by atoms with van der Waals surface area (Å²) in [4.78, 5) is 0. The van der Waals surface area contributed by atoms with E-state index in [9.17, 15) is 0 Å². The van der Waals surface area contributed by atoms with Crippen molar-refractivity contribution in [3.63, 3.8) is 0 Å². The Morgan fingerprint density at radius 2 is 1.25 bits per heavy atom. The van der Waals surface area contributed by atoms with E-state index < -0.39 is 0 Å². The maximum atomic E-state index is 5.74. The van der Waals surface area contributed by atoms with E-state index in [1.54, 1.807) is 0 Å². The van der Waals surface area contributed by atoms with Crippen molar-refractivity contribution >= 4 is 0 Å². The van der Waals surface area contributed by atoms with Gasteiger partial charge in [0.15, 0.2) is 0 Å². The zero-order chi connectivity index (χ0) is 17.9. The molecule has 0 fully saturated rings. The molecule has 1 radical (unpaired) electrons. The fourth-order valence-electron chi connectivity index (χ4n) is 2.60. The van der Waals surface area contributed by atoms with E-state index in [1.165, 1.54) is 64.2 Å². The van der Waals surface area contributed by atoms with Crippen molar-refractivity contribution < 1.29 is 14.2 Å². The van der Waals surface area contributed by atoms with Crippen molar-refractivity contribution in [2.75, 3.05) is 26.4 Å². The van der Waals surface area contributed by atoms with E-state index in [2.05, 4.69) is 13.8 Å². The van der Waals surface area contributed by atoms with Crippen LogP contribution in [0.5, 0.6) is 0 Å². The lowest BCUT2D eigenvalue weighted by Gasteiger charge is -2.17. The van der Waals surface area contributed by atoms with E-state index in [0.717, 1.165) is 6.61 Å². The van der Waals surface area contributed by atoms with Crippen LogP contribution in [0.25, 0.3) is 0 Å². The molecule has 0 aliphatic rings. The summed E-state index contributed by atoms with van der Waals surface area (Å²) in [5, 5.41) is 0. The molecule has 0 bridgehead atoms. The molecule has 0 N–H and O–H groups in total. The van der Waals surface area contributed by atoms with Gasteiger partial charge >= 0.3 is 0 Å². The standard InChI is InChI=1S/C21H43O3/c1-5-7-8-9-10-11-12-13-14-15-17-22-18-20(3)24-19-21(4)23-16-6-2/h6,20-21H,5,7-19H2,1-4H3. The summed E-state index contributed by atoms with van der Waals surface area (Å²) in [6, 6.07) is 0. The molecule has 0 aliphatic carbocycles. The van der Waals surface area contributed by atoms with Crippen LogP contribution in [-0.4, -0.2) is 38.6 Å². The Balaban J connectivity index is 3.20. The molecule has 3 heteroatoms. The normalized spacial score (nSPS) is 14.0. The average Bonchev–Trinajstić information content (AvgIpc) is 2.59. The van der Waals surface area contributed by atoms with Crippen LogP contribution in [0.2, 0.25) is 0 Å². The molecule has 0 heterocycles. The Labute approximate surface area is 151 Å². The van der Waals surface area contributed by atoms with Crippen molar-refractivity contribution in [1.29, 1.82) is 0 Å². The van der Waals surface area contributed by atoms with Gasteiger partial charge in [0.1, 0.15) is 0 Å². The van der Waals surface area contributed by atoms with Crippen LogP contribution in [0.4, 0.5) is 0 Å². The molecule has 3 nitrogen and oxygen atoms in total. The van der Waals surface area contributed by atoms with Gasteiger partial charge in [0, 0.05) is 13.2 Å². The minimum atomic E-state index is 0.143. The lowest BCUT2D eigenvalue weighted by Crippen LogP contribution is -2.23. The first-order valence-corrected chi connectivity index (χ1v) is 10.3. The molecule has 0 rings (SSSR count). The smallest absolute Gasteiger partial charge is 0.0781 e. The lowest BCUT2D eigenvalue weighted by atomic mass is 10.1. The van der Waals surface area contributed by atoms with Crippen molar-refractivity contribution in [3.8, 4) is 0 Å². The molecule has 0 saturated heterocycles. The van der Waals surface area contributed by atoms with Gasteiger partial charge < -0.3 is 14.2 Å². The molecule has 0 amide bonds. The summed E-state index contributed by atoms with van der Waals surface area (Å²) >= 11 is 0. The predicted molar refractivity (Wildman–Crippen MR) is 103 cm³/mol. The molecule has 0 aromatic carbocycles. The Morgan fingerprint density at radius 3 is 1.83 bits per heavy atom. The molecule has 0 spiro atoms. The fourth-order valence-corrected chi connectivity index (χ4v) is 2.60. The largest absolute Gasteiger partial charge is 0.379 e. The molecule has 24 heavy (non-hydrogen) atoms. The first-order chi connectivity index (χ1) is 11.7. The average molecular weight is 344 g/mol. The van der Waals surface area contributed by atoms with Crippen LogP contribution in [0, 0.1) is 6.42 Å². The first-order valence-electron chi connectivity index (χ1n) is 10.3. The SMILES string of the molecule is C[CH]COC(C)COC(C)COCCCCCCCCCCCC. The van der Waals surface area contributed by atoms with Crippen LogP contribution < -0.4 is 0 Å². The van der Waals surface area contributed by atoms with Crippen LogP contribution in [0.3, 0.4) is 0 Å². The summed E-state index contributed by atoms with van der Waals surface area (Å²) < 4.78 is 17.0. The van der Waals surface area contributed by atoms with Crippen LogP contribution >= 0.6 is 0 Å². The summed E-state index contributed by atoms with van der Waals surface area (Å²) in [5.41, 5.74) is 0. The van der Waals surface area contributed by atoms with Gasteiger partial charge in [-0.1, -0.05) is 71.6 Å². The second kappa shape index (κ2) is 19.2. The first kappa shape index (κ1) is 23.9. The van der Waals surface area contributed by atoms with E-state index >= 15 is 0 Å². The number of unbranched alkanes of at least 4 members (excludes halogenated alkanes) is 9. The topological polar surface area (TPSA) is 27.7 Å². The van der Waals surface area contributed by atoms with Gasteiger partial charge in [0.25, 0.3) is 0 Å². The highest BCUT2D eigenvalue weighted by Gasteiger charge is 2.07. The van der Waals surface area contributed by atoms with Gasteiger partial charge in [-0.05, 0) is 26.7 Å². The number of rotatable bonds is 19. The van der Waals surface area contributed by atoms with Gasteiger partial charge in [-0.25, -0.2) is 0 Å². The minimum absolute atomic E-state index is 0.143. The molecule has 0 aromatic heterocycles. The maximum absolute atomic E-state index is 5.74. The third kappa shape index (κ3) is 18.2. The number of ether oxygens (including phenoxy) is 3. The molecule has 145 valence electrons. The summed E-state index contributed by atoms with van der Waals surface area (Å²) in [6.07, 6.45) is 15.9. The Morgan fingerprint density at radius 1 is 0.708 bits per heavy atom. The van der Waals surface area contributed by atoms with E-state index in [4.69, 9.17) is 14.2 Å². The quantitative estimate of drug-likeness (QED) is 0.271. The Kier molecular flexibility index (Phi) is 19.1. The Hall–Kier alpha value is -0.120. The summed E-state index contributed by atoms with van der Waals surface area (Å²) in [6.45, 7) is 11.3. The van der Waals surface area contributed by atoms with Crippen molar-refractivity contribution in [1.82, 2.24) is 0 Å². The van der Waals surface area contributed by atoms with Gasteiger partial charge in [0.05, 0.1) is 25.4 Å². The van der Waals surface area contributed by atoms with Crippen molar-refractivity contribution in [2.24, 2.45) is 0 Å². The molecular formula is C21H43O3. The highest BCUT2D eigenvalue weighted by atomic mass is 16.6. The molecular weight excluding hydrogens is 300 g/mol. The summed E-state index contributed by atoms with van der Waals surface area (Å²) in [7, 11) is 0. The monoisotopic (exact) mass is 343 g/mol. The second-order valence-electron chi connectivity index (χ2n) is 6.95. The maximum Gasteiger partial charge on any atom is 0.0781 e. The van der Waals surface area contributed by atoms with Gasteiger partial charge in [-0.15, -0.1) is 0 Å². The van der Waals surface area contributed by atoms with Gasteiger partial charge in [-0.2, -0.15) is 0 Å². The van der Waals surface area contributed by atoms with Crippen molar-refractivity contribution in [2.45, 2.75) is 104 Å². The predicted octanol–water partition coefficient (Wildman–Crippen LogP) is 5.96. The Bertz CT molecular complexity index is 233. The van der Waals surface area contributed by atoms with E-state index in [-0.39, 0.29) is 12.2 Å². The highest BCUT2D eigenvalue weighted by molar-refractivity contribution is 4.57. The molecule has 2 unspecified atom stereocenters. The van der Waals surface area contributed by atoms with E-state index in [1.807, 2.05) is 20.3 Å². The molecule has 0 saturated carbocycles. The number of hydrogen-bond donors (Lipinski definition) is 0. The van der Waals surface area contributed by atoms with Crippen molar-refractivity contribution in [3.05, 3.63) is 6.42 Å². The van der Waals surface area contributed by atoms with Crippen LogP contribution in [-0.2, 0) is 14.2 Å². The third-order valence-corrected chi connectivity index (χ3v) is 4.16. The van der Waals surface area contributed by atoms with Gasteiger partial charge in [-0.3, -0.25) is 0 Å². The summed E-state index contributed by atoms with van der Waals surface area (Å²) in [5.74, 6) is 0. The number of hydrogen-bond acceptors (Lipinski definition) is 3. The zero-order valence-electron chi connectivity index (χ0n) is 16.9. The molecule has 0 aromatic rings. The zero-order valence-corrected chi connectivity index (χ0v) is 16.9.